The number of nitrogens with one attached hydrogen (secondary N) is 1. The molecular formula is C10H9Cl2FN2O. The van der Waals surface area contributed by atoms with Gasteiger partial charge in [0, 0.05) is 5.69 Å². The molecule has 1 amide bonds. The molecule has 1 aliphatic carbocycles. The first kappa shape index (κ1) is 11.6. The number of halogens is 3. The van der Waals surface area contributed by atoms with Gasteiger partial charge in [0.1, 0.15) is 0 Å². The number of rotatable bonds is 2. The van der Waals surface area contributed by atoms with Gasteiger partial charge in [0.15, 0.2) is 5.82 Å². The summed E-state index contributed by atoms with van der Waals surface area (Å²) in [7, 11) is 0. The average molecular weight is 263 g/mol. The van der Waals surface area contributed by atoms with Crippen LogP contribution in [0.3, 0.4) is 0 Å². The quantitative estimate of drug-likeness (QED) is 0.805. The first-order valence-electron chi connectivity index (χ1n) is 4.67. The van der Waals surface area contributed by atoms with E-state index in [1.165, 1.54) is 12.1 Å². The summed E-state index contributed by atoms with van der Waals surface area (Å²) in [6, 6.07) is 2.60. The van der Waals surface area contributed by atoms with Crippen LogP contribution in [0.4, 0.5) is 10.1 Å². The summed E-state index contributed by atoms with van der Waals surface area (Å²) in [4.78, 5) is 11.6. The van der Waals surface area contributed by atoms with Gasteiger partial charge in [-0.3, -0.25) is 4.79 Å². The second kappa shape index (κ2) is 3.87. The molecule has 3 N–H and O–H groups in total. The summed E-state index contributed by atoms with van der Waals surface area (Å²) in [5.41, 5.74) is 5.25. The van der Waals surface area contributed by atoms with Crippen LogP contribution in [-0.2, 0) is 4.79 Å². The van der Waals surface area contributed by atoms with E-state index >= 15 is 0 Å². The Hall–Kier alpha value is -0.840. The van der Waals surface area contributed by atoms with Gasteiger partial charge in [-0.25, -0.2) is 4.39 Å². The predicted molar refractivity (Wildman–Crippen MR) is 61.2 cm³/mol. The molecule has 0 aromatic heterocycles. The van der Waals surface area contributed by atoms with Crippen LogP contribution in [0.5, 0.6) is 0 Å². The molecule has 0 saturated heterocycles. The molecule has 1 aromatic rings. The largest absolute Gasteiger partial charge is 0.324 e. The molecule has 16 heavy (non-hydrogen) atoms. The summed E-state index contributed by atoms with van der Waals surface area (Å²) in [6.45, 7) is 0. The van der Waals surface area contributed by atoms with Crippen LogP contribution in [0, 0.1) is 5.82 Å². The number of carbonyl (C=O) groups excluding carboxylic acids is 1. The Morgan fingerprint density at radius 3 is 2.31 bits per heavy atom. The lowest BCUT2D eigenvalue weighted by Gasteiger charge is -2.11. The lowest BCUT2D eigenvalue weighted by Crippen LogP contribution is -2.37. The van der Waals surface area contributed by atoms with Crippen molar-refractivity contribution in [2.24, 2.45) is 5.73 Å². The molecular weight excluding hydrogens is 254 g/mol. The van der Waals surface area contributed by atoms with E-state index in [1.54, 1.807) is 0 Å². The Labute approximate surface area is 102 Å². The molecule has 1 aromatic carbocycles. The zero-order valence-corrected chi connectivity index (χ0v) is 9.70. The van der Waals surface area contributed by atoms with Gasteiger partial charge in [0.05, 0.1) is 15.6 Å². The van der Waals surface area contributed by atoms with Crippen LogP contribution in [0.15, 0.2) is 12.1 Å². The number of carbonyl (C=O) groups is 1. The summed E-state index contributed by atoms with van der Waals surface area (Å²) in [5, 5.41) is 2.28. The van der Waals surface area contributed by atoms with E-state index in [0.717, 1.165) is 0 Å². The molecule has 0 heterocycles. The first-order chi connectivity index (χ1) is 7.42. The smallest absolute Gasteiger partial charge is 0.244 e. The number of hydrogen-bond donors (Lipinski definition) is 2. The zero-order valence-electron chi connectivity index (χ0n) is 8.19. The molecule has 3 nitrogen and oxygen atoms in total. The van der Waals surface area contributed by atoms with Gasteiger partial charge < -0.3 is 11.1 Å². The third-order valence-corrected chi connectivity index (χ3v) is 3.03. The van der Waals surface area contributed by atoms with Crippen molar-refractivity contribution in [2.45, 2.75) is 18.4 Å². The van der Waals surface area contributed by atoms with E-state index in [4.69, 9.17) is 28.9 Å². The van der Waals surface area contributed by atoms with E-state index in [2.05, 4.69) is 5.32 Å². The van der Waals surface area contributed by atoms with E-state index < -0.39 is 11.4 Å². The number of benzene rings is 1. The summed E-state index contributed by atoms with van der Waals surface area (Å²) >= 11 is 11.2. The van der Waals surface area contributed by atoms with E-state index in [-0.39, 0.29) is 16.0 Å². The van der Waals surface area contributed by atoms with Crippen molar-refractivity contribution in [3.05, 3.63) is 28.0 Å². The van der Waals surface area contributed by atoms with Crippen molar-refractivity contribution < 1.29 is 9.18 Å². The fourth-order valence-electron chi connectivity index (χ4n) is 1.24. The molecule has 1 fully saturated rings. The lowest BCUT2D eigenvalue weighted by atomic mass is 10.2. The van der Waals surface area contributed by atoms with Gasteiger partial charge in [0.25, 0.3) is 0 Å². The summed E-state index contributed by atoms with van der Waals surface area (Å²) in [6.07, 6.45) is 1.31. The van der Waals surface area contributed by atoms with Crippen molar-refractivity contribution >= 4 is 34.8 Å². The van der Waals surface area contributed by atoms with Crippen LogP contribution in [0.25, 0.3) is 0 Å². The molecule has 2 rings (SSSR count). The Kier molecular flexibility index (Phi) is 2.82. The zero-order chi connectivity index (χ0) is 11.9. The summed E-state index contributed by atoms with van der Waals surface area (Å²) < 4.78 is 13.1. The van der Waals surface area contributed by atoms with E-state index in [1.807, 2.05) is 0 Å². The van der Waals surface area contributed by atoms with Gasteiger partial charge >= 0.3 is 0 Å². The third-order valence-electron chi connectivity index (χ3n) is 2.48. The van der Waals surface area contributed by atoms with Gasteiger partial charge in [-0.2, -0.15) is 0 Å². The van der Waals surface area contributed by atoms with Gasteiger partial charge in [-0.05, 0) is 25.0 Å². The molecule has 0 atom stereocenters. The Morgan fingerprint density at radius 1 is 1.38 bits per heavy atom. The normalized spacial score (nSPS) is 17.0. The van der Waals surface area contributed by atoms with Crippen LogP contribution < -0.4 is 11.1 Å². The van der Waals surface area contributed by atoms with Crippen LogP contribution >= 0.6 is 23.2 Å². The Bertz CT molecular complexity index is 437. The number of anilines is 1. The minimum atomic E-state index is -0.784. The molecule has 0 aliphatic heterocycles. The van der Waals surface area contributed by atoms with Crippen LogP contribution in [-0.4, -0.2) is 11.4 Å². The van der Waals surface area contributed by atoms with Crippen molar-refractivity contribution in [3.63, 3.8) is 0 Å². The van der Waals surface area contributed by atoms with E-state index in [9.17, 15) is 9.18 Å². The maximum Gasteiger partial charge on any atom is 0.244 e. The predicted octanol–water partition coefficient (Wildman–Crippen LogP) is 2.56. The number of nitrogens with two attached hydrogens (primary N) is 1. The van der Waals surface area contributed by atoms with Crippen molar-refractivity contribution in [1.82, 2.24) is 0 Å². The third kappa shape index (κ3) is 2.14. The molecule has 6 heteroatoms. The fourth-order valence-corrected chi connectivity index (χ4v) is 1.73. The standard InChI is InChI=1S/C10H9Cl2FN2O/c11-6-3-5(4-7(12)8(6)13)15-9(16)10(14)1-2-10/h3-4H,1-2,14H2,(H,15,16). The van der Waals surface area contributed by atoms with Gasteiger partial charge in [-0.1, -0.05) is 23.2 Å². The molecule has 86 valence electrons. The Balaban J connectivity index is 2.19. The highest BCUT2D eigenvalue weighted by Crippen LogP contribution is 2.34. The molecule has 0 bridgehead atoms. The molecule has 1 saturated carbocycles. The number of amides is 1. The maximum absolute atomic E-state index is 13.1. The Morgan fingerprint density at radius 2 is 1.88 bits per heavy atom. The molecule has 1 aliphatic rings. The fraction of sp³-hybridized carbons (Fsp3) is 0.300. The van der Waals surface area contributed by atoms with Crippen LogP contribution in [0.2, 0.25) is 10.0 Å². The van der Waals surface area contributed by atoms with Crippen molar-refractivity contribution in [3.8, 4) is 0 Å². The minimum absolute atomic E-state index is 0.135. The highest BCUT2D eigenvalue weighted by atomic mass is 35.5. The van der Waals surface area contributed by atoms with Crippen molar-refractivity contribution in [1.29, 1.82) is 0 Å². The second-order valence-electron chi connectivity index (χ2n) is 3.86. The van der Waals surface area contributed by atoms with Gasteiger partial charge in [-0.15, -0.1) is 0 Å². The molecule has 0 unspecified atom stereocenters. The highest BCUT2D eigenvalue weighted by molar-refractivity contribution is 6.35. The first-order valence-corrected chi connectivity index (χ1v) is 5.43. The van der Waals surface area contributed by atoms with E-state index in [0.29, 0.717) is 18.5 Å². The second-order valence-corrected chi connectivity index (χ2v) is 4.68. The lowest BCUT2D eigenvalue weighted by molar-refractivity contribution is -0.118. The highest BCUT2D eigenvalue weighted by Gasteiger charge is 2.45. The number of hydrogen-bond acceptors (Lipinski definition) is 2. The topological polar surface area (TPSA) is 55.1 Å². The maximum atomic E-state index is 13.1. The summed E-state index contributed by atoms with van der Waals surface area (Å²) in [5.74, 6) is -0.999. The minimum Gasteiger partial charge on any atom is -0.324 e. The molecule has 0 spiro atoms. The monoisotopic (exact) mass is 262 g/mol. The van der Waals surface area contributed by atoms with Crippen LogP contribution in [0.1, 0.15) is 12.8 Å². The SMILES string of the molecule is NC1(C(=O)Nc2cc(Cl)c(F)c(Cl)c2)CC1. The average Bonchev–Trinajstić information content (AvgIpc) is 2.94. The van der Waals surface area contributed by atoms with Crippen molar-refractivity contribution in [2.75, 3.05) is 5.32 Å². The van der Waals surface area contributed by atoms with Gasteiger partial charge in [0.2, 0.25) is 5.91 Å². The molecule has 0 radical (unpaired) electrons.